The van der Waals surface area contributed by atoms with Crippen LogP contribution in [0.1, 0.15) is 63.5 Å². The number of carbonyl (C=O) groups is 2. The standard InChI is InChI=1S/C22H33N3O4/c1-4-5-12-23-21(26)15-25-22(27)14-18(24(25)2)16-10-11-19(28-3)20(13-16)29-17-8-6-7-9-17/h10-11,13,17-18H,4-9,12,14-15H2,1-3H3,(H,23,26). The number of benzene rings is 1. The predicted molar refractivity (Wildman–Crippen MR) is 111 cm³/mol. The van der Waals surface area contributed by atoms with Crippen molar-refractivity contribution in [3.05, 3.63) is 23.8 Å². The second kappa shape index (κ2) is 9.96. The average molecular weight is 404 g/mol. The van der Waals surface area contributed by atoms with Gasteiger partial charge in [-0.15, -0.1) is 0 Å². The smallest absolute Gasteiger partial charge is 0.241 e. The lowest BCUT2D eigenvalue weighted by molar-refractivity contribution is -0.143. The van der Waals surface area contributed by atoms with E-state index in [2.05, 4.69) is 12.2 Å². The van der Waals surface area contributed by atoms with E-state index in [9.17, 15) is 9.59 Å². The number of rotatable bonds is 9. The van der Waals surface area contributed by atoms with E-state index in [-0.39, 0.29) is 30.5 Å². The molecule has 1 aliphatic carbocycles. The van der Waals surface area contributed by atoms with Crippen molar-refractivity contribution in [1.82, 2.24) is 15.3 Å². The highest BCUT2D eigenvalue weighted by atomic mass is 16.5. The summed E-state index contributed by atoms with van der Waals surface area (Å²) in [6, 6.07) is 5.73. The summed E-state index contributed by atoms with van der Waals surface area (Å²) in [5, 5.41) is 6.27. The van der Waals surface area contributed by atoms with Crippen molar-refractivity contribution in [3.63, 3.8) is 0 Å². The highest BCUT2D eigenvalue weighted by Gasteiger charge is 2.37. The summed E-state index contributed by atoms with van der Waals surface area (Å²) in [7, 11) is 3.50. The van der Waals surface area contributed by atoms with E-state index in [1.54, 1.807) is 7.11 Å². The van der Waals surface area contributed by atoms with E-state index in [0.717, 1.165) is 37.0 Å². The van der Waals surface area contributed by atoms with Gasteiger partial charge in [0.1, 0.15) is 6.54 Å². The van der Waals surface area contributed by atoms with Crippen LogP contribution in [0.4, 0.5) is 0 Å². The minimum Gasteiger partial charge on any atom is -0.493 e. The van der Waals surface area contributed by atoms with Crippen LogP contribution in [-0.2, 0) is 9.59 Å². The lowest BCUT2D eigenvalue weighted by Crippen LogP contribution is -2.44. The van der Waals surface area contributed by atoms with Crippen molar-refractivity contribution in [3.8, 4) is 11.5 Å². The summed E-state index contributed by atoms with van der Waals surface area (Å²) in [4.78, 5) is 24.7. The van der Waals surface area contributed by atoms with Crippen molar-refractivity contribution in [2.75, 3.05) is 27.2 Å². The lowest BCUT2D eigenvalue weighted by Gasteiger charge is -2.28. The summed E-state index contributed by atoms with van der Waals surface area (Å²) in [6.07, 6.45) is 7.05. The number of hydrogen-bond donors (Lipinski definition) is 1. The number of ether oxygens (including phenoxy) is 2. The molecular formula is C22H33N3O4. The first-order chi connectivity index (χ1) is 14.0. The highest BCUT2D eigenvalue weighted by Crippen LogP contribution is 2.38. The van der Waals surface area contributed by atoms with Crippen molar-refractivity contribution in [2.24, 2.45) is 0 Å². The molecule has 1 N–H and O–H groups in total. The molecule has 2 amide bonds. The molecule has 2 aliphatic rings. The number of nitrogens with one attached hydrogen (secondary N) is 1. The maximum Gasteiger partial charge on any atom is 0.241 e. The molecule has 2 fully saturated rings. The monoisotopic (exact) mass is 403 g/mol. The Morgan fingerprint density at radius 1 is 1.24 bits per heavy atom. The van der Waals surface area contributed by atoms with Crippen LogP contribution < -0.4 is 14.8 Å². The molecular weight excluding hydrogens is 370 g/mol. The first-order valence-corrected chi connectivity index (χ1v) is 10.7. The van der Waals surface area contributed by atoms with E-state index >= 15 is 0 Å². The second-order valence-corrected chi connectivity index (χ2v) is 7.88. The van der Waals surface area contributed by atoms with Crippen molar-refractivity contribution < 1.29 is 19.1 Å². The predicted octanol–water partition coefficient (Wildman–Crippen LogP) is 3.05. The molecule has 3 rings (SSSR count). The SMILES string of the molecule is CCCCNC(=O)CN1C(=O)CC(c2ccc(OC)c(OC3CCCC3)c2)N1C. The van der Waals surface area contributed by atoms with Gasteiger partial charge in [0.25, 0.3) is 0 Å². The highest BCUT2D eigenvalue weighted by molar-refractivity contribution is 5.86. The minimum atomic E-state index is -0.126. The summed E-state index contributed by atoms with van der Waals surface area (Å²) >= 11 is 0. The van der Waals surface area contributed by atoms with E-state index < -0.39 is 0 Å². The molecule has 0 bridgehead atoms. The van der Waals surface area contributed by atoms with Gasteiger partial charge in [-0.2, -0.15) is 0 Å². The van der Waals surface area contributed by atoms with Gasteiger partial charge in [0.05, 0.1) is 19.3 Å². The average Bonchev–Trinajstić information content (AvgIpc) is 3.31. The van der Waals surface area contributed by atoms with Gasteiger partial charge in [-0.1, -0.05) is 19.4 Å². The number of nitrogens with zero attached hydrogens (tertiary/aromatic N) is 2. The Balaban J connectivity index is 1.69. The molecule has 1 aromatic carbocycles. The van der Waals surface area contributed by atoms with Crippen molar-refractivity contribution in [2.45, 2.75) is 64.0 Å². The van der Waals surface area contributed by atoms with Gasteiger partial charge in [0, 0.05) is 20.0 Å². The zero-order valence-corrected chi connectivity index (χ0v) is 17.8. The minimum absolute atomic E-state index is 0.0442. The quantitative estimate of drug-likeness (QED) is 0.642. The molecule has 1 saturated heterocycles. The molecule has 0 radical (unpaired) electrons. The Kier molecular flexibility index (Phi) is 7.36. The Morgan fingerprint density at radius 2 is 2.00 bits per heavy atom. The van der Waals surface area contributed by atoms with Gasteiger partial charge < -0.3 is 14.8 Å². The third-order valence-corrected chi connectivity index (χ3v) is 5.80. The lowest BCUT2D eigenvalue weighted by atomic mass is 10.0. The molecule has 7 heteroatoms. The van der Waals surface area contributed by atoms with Gasteiger partial charge in [-0.3, -0.25) is 14.6 Å². The molecule has 1 aliphatic heterocycles. The Hall–Kier alpha value is -2.28. The van der Waals surface area contributed by atoms with Gasteiger partial charge in [0.2, 0.25) is 11.8 Å². The molecule has 0 aromatic heterocycles. The number of hydrogen-bond acceptors (Lipinski definition) is 5. The number of hydrazine groups is 1. The van der Waals surface area contributed by atoms with Gasteiger partial charge >= 0.3 is 0 Å². The molecule has 1 unspecified atom stereocenters. The van der Waals surface area contributed by atoms with Gasteiger partial charge in [-0.25, -0.2) is 5.01 Å². The first-order valence-electron chi connectivity index (χ1n) is 10.7. The molecule has 160 valence electrons. The van der Waals surface area contributed by atoms with Crippen molar-refractivity contribution >= 4 is 11.8 Å². The van der Waals surface area contributed by atoms with E-state index in [1.807, 2.05) is 30.3 Å². The van der Waals surface area contributed by atoms with Crippen LogP contribution in [0.2, 0.25) is 0 Å². The van der Waals surface area contributed by atoms with Crippen LogP contribution in [0.3, 0.4) is 0 Å². The molecule has 1 aromatic rings. The number of carbonyl (C=O) groups excluding carboxylic acids is 2. The van der Waals surface area contributed by atoms with Crippen LogP contribution in [-0.4, -0.2) is 55.2 Å². The van der Waals surface area contributed by atoms with Crippen LogP contribution in [0.25, 0.3) is 0 Å². The topological polar surface area (TPSA) is 71.1 Å². The molecule has 1 atom stereocenters. The number of unbranched alkanes of at least 4 members (excludes halogenated alkanes) is 1. The molecule has 0 spiro atoms. The van der Waals surface area contributed by atoms with E-state index in [4.69, 9.17) is 9.47 Å². The first kappa shape index (κ1) is 21.4. The largest absolute Gasteiger partial charge is 0.493 e. The fraction of sp³-hybridized carbons (Fsp3) is 0.636. The summed E-state index contributed by atoms with van der Waals surface area (Å²) < 4.78 is 11.7. The molecule has 7 nitrogen and oxygen atoms in total. The Labute approximate surface area is 173 Å². The van der Waals surface area contributed by atoms with E-state index in [0.29, 0.717) is 18.7 Å². The zero-order valence-electron chi connectivity index (χ0n) is 17.8. The van der Waals surface area contributed by atoms with Crippen LogP contribution in [0.5, 0.6) is 11.5 Å². The molecule has 29 heavy (non-hydrogen) atoms. The van der Waals surface area contributed by atoms with Crippen LogP contribution in [0.15, 0.2) is 18.2 Å². The van der Waals surface area contributed by atoms with Gasteiger partial charge in [-0.05, 0) is 49.8 Å². The maximum atomic E-state index is 12.6. The van der Waals surface area contributed by atoms with Crippen LogP contribution in [0, 0.1) is 0 Å². The Bertz CT molecular complexity index is 718. The van der Waals surface area contributed by atoms with Crippen LogP contribution >= 0.6 is 0 Å². The third kappa shape index (κ3) is 5.21. The summed E-state index contributed by atoms with van der Waals surface area (Å²) in [5.74, 6) is 1.27. The van der Waals surface area contributed by atoms with Gasteiger partial charge in [0.15, 0.2) is 11.5 Å². The Morgan fingerprint density at radius 3 is 2.69 bits per heavy atom. The molecule has 1 heterocycles. The number of amides is 2. The van der Waals surface area contributed by atoms with Crippen molar-refractivity contribution in [1.29, 1.82) is 0 Å². The number of methoxy groups -OCH3 is 1. The zero-order chi connectivity index (χ0) is 20.8. The maximum absolute atomic E-state index is 12.6. The fourth-order valence-corrected chi connectivity index (χ4v) is 4.06. The summed E-state index contributed by atoms with van der Waals surface area (Å²) in [6.45, 7) is 2.77. The molecule has 1 saturated carbocycles. The summed E-state index contributed by atoms with van der Waals surface area (Å²) in [5.41, 5.74) is 0.989. The normalized spacial score (nSPS) is 20.3. The van der Waals surface area contributed by atoms with E-state index in [1.165, 1.54) is 17.9 Å². The second-order valence-electron chi connectivity index (χ2n) is 7.88. The third-order valence-electron chi connectivity index (χ3n) is 5.80. The fourth-order valence-electron chi connectivity index (χ4n) is 4.06.